The minimum atomic E-state index is -0.345. The van der Waals surface area contributed by atoms with Crippen molar-refractivity contribution in [2.24, 2.45) is 11.1 Å². The fourth-order valence-electron chi connectivity index (χ4n) is 1.43. The molecular formula is C14H21N3O. The number of pyridine rings is 1. The van der Waals surface area contributed by atoms with Crippen molar-refractivity contribution in [2.75, 3.05) is 6.61 Å². The van der Waals surface area contributed by atoms with Gasteiger partial charge in [-0.2, -0.15) is 5.26 Å². The number of aromatic nitrogens is 1. The lowest BCUT2D eigenvalue weighted by Gasteiger charge is -2.15. The van der Waals surface area contributed by atoms with Crippen LogP contribution in [0.5, 0.6) is 5.75 Å². The van der Waals surface area contributed by atoms with Crippen LogP contribution in [-0.4, -0.2) is 17.6 Å². The third-order valence-electron chi connectivity index (χ3n) is 2.63. The molecule has 0 aliphatic rings. The standard InChI is InChI=1S/C14H21N3O/c1-11(16)8-12-4-5-13(9-17-12)18-7-6-14(2,3)10-15/h4-5,9,11H,6-8,16H2,1-3H3. The van der Waals surface area contributed by atoms with Gasteiger partial charge in [-0.15, -0.1) is 0 Å². The summed E-state index contributed by atoms with van der Waals surface area (Å²) in [7, 11) is 0. The Morgan fingerprint density at radius 3 is 2.72 bits per heavy atom. The van der Waals surface area contributed by atoms with Crippen LogP contribution in [-0.2, 0) is 6.42 Å². The minimum Gasteiger partial charge on any atom is -0.492 e. The molecule has 1 heterocycles. The van der Waals surface area contributed by atoms with Gasteiger partial charge in [0, 0.05) is 18.2 Å². The van der Waals surface area contributed by atoms with Crippen molar-refractivity contribution in [1.29, 1.82) is 5.26 Å². The van der Waals surface area contributed by atoms with Gasteiger partial charge >= 0.3 is 0 Å². The Labute approximate surface area is 109 Å². The number of nitrogens with zero attached hydrogens (tertiary/aromatic N) is 2. The quantitative estimate of drug-likeness (QED) is 0.837. The van der Waals surface area contributed by atoms with Gasteiger partial charge in [-0.05, 0) is 39.3 Å². The van der Waals surface area contributed by atoms with Gasteiger partial charge in [-0.1, -0.05) is 0 Å². The van der Waals surface area contributed by atoms with Crippen LogP contribution in [0.4, 0.5) is 0 Å². The molecule has 18 heavy (non-hydrogen) atoms. The Kier molecular flexibility index (Phi) is 5.11. The summed E-state index contributed by atoms with van der Waals surface area (Å²) in [5.41, 5.74) is 6.33. The summed E-state index contributed by atoms with van der Waals surface area (Å²) >= 11 is 0. The molecule has 1 aromatic rings. The average Bonchev–Trinajstić information content (AvgIpc) is 2.30. The van der Waals surface area contributed by atoms with Crippen LogP contribution in [0.25, 0.3) is 0 Å². The number of hydrogen-bond donors (Lipinski definition) is 1. The maximum Gasteiger partial charge on any atom is 0.137 e. The van der Waals surface area contributed by atoms with E-state index in [0.717, 1.165) is 17.9 Å². The third-order valence-corrected chi connectivity index (χ3v) is 2.63. The summed E-state index contributed by atoms with van der Waals surface area (Å²) in [6, 6.07) is 6.18. The topological polar surface area (TPSA) is 71.9 Å². The van der Waals surface area contributed by atoms with E-state index in [-0.39, 0.29) is 11.5 Å². The lowest BCUT2D eigenvalue weighted by Crippen LogP contribution is -2.18. The van der Waals surface area contributed by atoms with Crippen molar-refractivity contribution in [1.82, 2.24) is 4.98 Å². The SMILES string of the molecule is CC(N)Cc1ccc(OCCC(C)(C)C#N)cn1. The van der Waals surface area contributed by atoms with Crippen molar-refractivity contribution in [3.8, 4) is 11.8 Å². The minimum absolute atomic E-state index is 0.112. The first-order chi connectivity index (χ1) is 8.43. The van der Waals surface area contributed by atoms with Gasteiger partial charge in [0.1, 0.15) is 5.75 Å². The molecule has 0 saturated carbocycles. The number of hydrogen-bond acceptors (Lipinski definition) is 4. The Morgan fingerprint density at radius 2 is 2.22 bits per heavy atom. The normalized spacial score (nSPS) is 12.8. The maximum absolute atomic E-state index is 8.88. The molecule has 0 aliphatic carbocycles. The zero-order valence-electron chi connectivity index (χ0n) is 11.3. The predicted molar refractivity (Wildman–Crippen MR) is 71.1 cm³/mol. The zero-order valence-corrected chi connectivity index (χ0v) is 11.3. The van der Waals surface area contributed by atoms with E-state index in [1.54, 1.807) is 6.20 Å². The summed E-state index contributed by atoms with van der Waals surface area (Å²) in [6.07, 6.45) is 3.17. The molecule has 4 nitrogen and oxygen atoms in total. The van der Waals surface area contributed by atoms with Crippen molar-refractivity contribution in [3.63, 3.8) is 0 Å². The predicted octanol–water partition coefficient (Wildman–Crippen LogP) is 2.29. The van der Waals surface area contributed by atoms with Crippen LogP contribution in [0.3, 0.4) is 0 Å². The van der Waals surface area contributed by atoms with Crippen LogP contribution < -0.4 is 10.5 Å². The summed E-state index contributed by atoms with van der Waals surface area (Å²) in [5.74, 6) is 0.733. The Morgan fingerprint density at radius 1 is 1.50 bits per heavy atom. The zero-order chi connectivity index (χ0) is 13.6. The molecule has 1 unspecified atom stereocenters. The third kappa shape index (κ3) is 5.15. The molecule has 1 atom stereocenters. The lowest BCUT2D eigenvalue weighted by atomic mass is 9.92. The van der Waals surface area contributed by atoms with E-state index in [1.807, 2.05) is 32.9 Å². The summed E-state index contributed by atoms with van der Waals surface area (Å²) in [4.78, 5) is 4.28. The second-order valence-corrected chi connectivity index (χ2v) is 5.26. The van der Waals surface area contributed by atoms with E-state index < -0.39 is 0 Å². The molecule has 0 radical (unpaired) electrons. The molecule has 0 bridgehead atoms. The van der Waals surface area contributed by atoms with Gasteiger partial charge in [0.25, 0.3) is 0 Å². The van der Waals surface area contributed by atoms with Crippen LogP contribution in [0, 0.1) is 16.7 Å². The highest BCUT2D eigenvalue weighted by Crippen LogP contribution is 2.19. The van der Waals surface area contributed by atoms with Gasteiger partial charge in [0.15, 0.2) is 0 Å². The molecule has 1 rings (SSSR count). The number of rotatable bonds is 6. The van der Waals surface area contributed by atoms with E-state index in [4.69, 9.17) is 15.7 Å². The molecule has 0 aliphatic heterocycles. The molecule has 2 N–H and O–H groups in total. The first kappa shape index (κ1) is 14.5. The first-order valence-electron chi connectivity index (χ1n) is 6.17. The molecular weight excluding hydrogens is 226 g/mol. The van der Waals surface area contributed by atoms with Crippen molar-refractivity contribution >= 4 is 0 Å². The van der Waals surface area contributed by atoms with E-state index in [1.165, 1.54) is 0 Å². The van der Waals surface area contributed by atoms with Gasteiger partial charge in [-0.25, -0.2) is 0 Å². The van der Waals surface area contributed by atoms with Crippen molar-refractivity contribution in [3.05, 3.63) is 24.0 Å². The second kappa shape index (κ2) is 6.36. The van der Waals surface area contributed by atoms with Crippen LogP contribution in [0.1, 0.15) is 32.9 Å². The molecule has 1 aromatic heterocycles. The highest BCUT2D eigenvalue weighted by atomic mass is 16.5. The lowest BCUT2D eigenvalue weighted by molar-refractivity contribution is 0.263. The Balaban J connectivity index is 2.43. The van der Waals surface area contributed by atoms with Crippen LogP contribution >= 0.6 is 0 Å². The van der Waals surface area contributed by atoms with E-state index >= 15 is 0 Å². The Bertz CT molecular complexity index is 404. The van der Waals surface area contributed by atoms with Gasteiger partial charge in [0.2, 0.25) is 0 Å². The summed E-state index contributed by atoms with van der Waals surface area (Å²) in [6.45, 7) is 6.28. The first-order valence-corrected chi connectivity index (χ1v) is 6.17. The molecule has 0 aromatic carbocycles. The molecule has 0 spiro atoms. The molecule has 0 amide bonds. The number of ether oxygens (including phenoxy) is 1. The molecule has 4 heteroatoms. The highest BCUT2D eigenvalue weighted by molar-refractivity contribution is 5.20. The van der Waals surface area contributed by atoms with Gasteiger partial charge < -0.3 is 10.5 Å². The average molecular weight is 247 g/mol. The number of nitriles is 1. The van der Waals surface area contributed by atoms with Gasteiger partial charge in [-0.3, -0.25) is 4.98 Å². The number of nitrogens with two attached hydrogens (primary N) is 1. The smallest absolute Gasteiger partial charge is 0.137 e. The van der Waals surface area contributed by atoms with E-state index in [9.17, 15) is 0 Å². The molecule has 98 valence electrons. The fourth-order valence-corrected chi connectivity index (χ4v) is 1.43. The van der Waals surface area contributed by atoms with Gasteiger partial charge in [0.05, 0.1) is 24.3 Å². The van der Waals surface area contributed by atoms with Crippen molar-refractivity contribution < 1.29 is 4.74 Å². The largest absolute Gasteiger partial charge is 0.492 e. The maximum atomic E-state index is 8.88. The molecule has 0 fully saturated rings. The van der Waals surface area contributed by atoms with E-state index in [2.05, 4.69) is 11.1 Å². The monoisotopic (exact) mass is 247 g/mol. The summed E-state index contributed by atoms with van der Waals surface area (Å²) < 4.78 is 5.56. The van der Waals surface area contributed by atoms with Crippen LogP contribution in [0.15, 0.2) is 18.3 Å². The molecule has 0 saturated heterocycles. The van der Waals surface area contributed by atoms with E-state index in [0.29, 0.717) is 13.0 Å². The second-order valence-electron chi connectivity index (χ2n) is 5.26. The van der Waals surface area contributed by atoms with Crippen LogP contribution in [0.2, 0.25) is 0 Å². The summed E-state index contributed by atoms with van der Waals surface area (Å²) in [5, 5.41) is 8.88. The fraction of sp³-hybridized carbons (Fsp3) is 0.571. The van der Waals surface area contributed by atoms with Crippen molar-refractivity contribution in [2.45, 2.75) is 39.7 Å². The Hall–Kier alpha value is -1.60. The highest BCUT2D eigenvalue weighted by Gasteiger charge is 2.16.